The Bertz CT molecular complexity index is 675. The van der Waals surface area contributed by atoms with Crippen LogP contribution in [0, 0.1) is 11.6 Å². The summed E-state index contributed by atoms with van der Waals surface area (Å²) >= 11 is 0. The van der Waals surface area contributed by atoms with E-state index in [9.17, 15) is 26.2 Å². The van der Waals surface area contributed by atoms with Crippen LogP contribution in [-0.2, 0) is 20.8 Å². The van der Waals surface area contributed by atoms with Crippen LogP contribution in [0.2, 0.25) is 0 Å². The van der Waals surface area contributed by atoms with Gasteiger partial charge in [0.05, 0.1) is 5.56 Å². The highest BCUT2D eigenvalue weighted by Gasteiger charge is 2.24. The van der Waals surface area contributed by atoms with Crippen molar-refractivity contribution in [1.82, 2.24) is 4.72 Å². The average molecular weight is 341 g/mol. The molecule has 0 saturated heterocycles. The van der Waals surface area contributed by atoms with Gasteiger partial charge in [0, 0.05) is 29.4 Å². The van der Waals surface area contributed by atoms with Crippen LogP contribution in [0.3, 0.4) is 0 Å². The standard InChI is InChI=1S/C11H13F2NO5S2/c1-20(17)4-2-3-14-21(18,19)9-6-7(11(15)16)5-8(12)10(9)13/h5-6,14H,2-4H2,1H3,(H,15,16). The van der Waals surface area contributed by atoms with E-state index in [1.54, 1.807) is 0 Å². The molecule has 0 aromatic heterocycles. The second-order valence-electron chi connectivity index (χ2n) is 4.10. The Kier molecular flexibility index (Phi) is 5.93. The molecule has 0 aliphatic heterocycles. The van der Waals surface area contributed by atoms with Gasteiger partial charge in [0.2, 0.25) is 10.0 Å². The van der Waals surface area contributed by atoms with E-state index in [1.165, 1.54) is 6.26 Å². The van der Waals surface area contributed by atoms with Crippen molar-refractivity contribution in [3.63, 3.8) is 0 Å². The Balaban J connectivity index is 3.02. The zero-order chi connectivity index (χ0) is 16.2. The monoisotopic (exact) mass is 341 g/mol. The highest BCUT2D eigenvalue weighted by Crippen LogP contribution is 2.19. The number of nitrogens with one attached hydrogen (secondary N) is 1. The van der Waals surface area contributed by atoms with Crippen molar-refractivity contribution in [1.29, 1.82) is 0 Å². The fourth-order valence-corrected chi connectivity index (χ4v) is 3.18. The summed E-state index contributed by atoms with van der Waals surface area (Å²) in [6, 6.07) is 0.942. The quantitative estimate of drug-likeness (QED) is 0.712. The lowest BCUT2D eigenvalue weighted by atomic mass is 10.2. The fraction of sp³-hybridized carbons (Fsp3) is 0.364. The van der Waals surface area contributed by atoms with Gasteiger partial charge in [0.25, 0.3) is 0 Å². The summed E-state index contributed by atoms with van der Waals surface area (Å²) in [6.45, 7) is -0.125. The molecule has 0 radical (unpaired) electrons. The normalized spacial score (nSPS) is 13.1. The third kappa shape index (κ3) is 4.83. The van der Waals surface area contributed by atoms with Crippen molar-refractivity contribution in [2.24, 2.45) is 0 Å². The van der Waals surface area contributed by atoms with Crippen LogP contribution in [0.4, 0.5) is 8.78 Å². The first-order valence-electron chi connectivity index (χ1n) is 5.67. The van der Waals surface area contributed by atoms with E-state index >= 15 is 0 Å². The van der Waals surface area contributed by atoms with Gasteiger partial charge in [-0.1, -0.05) is 0 Å². The van der Waals surface area contributed by atoms with E-state index in [4.69, 9.17) is 5.11 Å². The lowest BCUT2D eigenvalue weighted by Gasteiger charge is -2.09. The molecule has 0 heterocycles. The maximum absolute atomic E-state index is 13.5. The number of carboxylic acid groups (broad SMARTS) is 1. The first-order valence-corrected chi connectivity index (χ1v) is 8.88. The minimum atomic E-state index is -4.39. The van der Waals surface area contributed by atoms with Crippen LogP contribution in [0.15, 0.2) is 17.0 Å². The number of rotatable bonds is 7. The highest BCUT2D eigenvalue weighted by molar-refractivity contribution is 7.89. The zero-order valence-electron chi connectivity index (χ0n) is 10.9. The lowest BCUT2D eigenvalue weighted by Crippen LogP contribution is -2.27. The minimum Gasteiger partial charge on any atom is -0.478 e. The second kappa shape index (κ2) is 7.05. The number of hydrogen-bond acceptors (Lipinski definition) is 4. The van der Waals surface area contributed by atoms with Crippen LogP contribution in [0.5, 0.6) is 0 Å². The molecule has 1 rings (SSSR count). The number of sulfonamides is 1. The zero-order valence-corrected chi connectivity index (χ0v) is 12.6. The van der Waals surface area contributed by atoms with Crippen LogP contribution < -0.4 is 4.72 Å². The Labute approximate surface area is 122 Å². The summed E-state index contributed by atoms with van der Waals surface area (Å²) in [5.41, 5.74) is -0.677. The molecule has 1 aromatic carbocycles. The SMILES string of the molecule is CS(=O)CCCNS(=O)(=O)c1cc(C(=O)O)cc(F)c1F. The largest absolute Gasteiger partial charge is 0.478 e. The summed E-state index contributed by atoms with van der Waals surface area (Å²) in [5, 5.41) is 8.73. The van der Waals surface area contributed by atoms with E-state index in [0.29, 0.717) is 12.1 Å². The topological polar surface area (TPSA) is 101 Å². The van der Waals surface area contributed by atoms with Gasteiger partial charge in [0.1, 0.15) is 4.90 Å². The highest BCUT2D eigenvalue weighted by atomic mass is 32.2. The number of aromatic carboxylic acids is 1. The Hall–Kier alpha value is -1.39. The van der Waals surface area contributed by atoms with Crippen molar-refractivity contribution in [3.8, 4) is 0 Å². The predicted octanol–water partition coefficient (Wildman–Crippen LogP) is 0.710. The molecule has 1 aromatic rings. The van der Waals surface area contributed by atoms with Crippen molar-refractivity contribution in [3.05, 3.63) is 29.3 Å². The number of carbonyl (C=O) groups is 1. The number of benzene rings is 1. The summed E-state index contributed by atoms with van der Waals surface area (Å²) in [6.07, 6.45) is 1.69. The van der Waals surface area contributed by atoms with E-state index < -0.39 is 48.9 Å². The Morgan fingerprint density at radius 2 is 2.00 bits per heavy atom. The number of carboxylic acids is 1. The van der Waals surface area contributed by atoms with Crippen LogP contribution in [0.1, 0.15) is 16.8 Å². The lowest BCUT2D eigenvalue weighted by molar-refractivity contribution is 0.0696. The first-order chi connectivity index (χ1) is 9.65. The molecule has 0 amide bonds. The van der Waals surface area contributed by atoms with Gasteiger partial charge < -0.3 is 5.11 Å². The third-order valence-corrected chi connectivity index (χ3v) is 4.76. The maximum Gasteiger partial charge on any atom is 0.335 e. The Morgan fingerprint density at radius 3 is 2.52 bits per heavy atom. The summed E-state index contributed by atoms with van der Waals surface area (Å²) in [7, 11) is -5.50. The van der Waals surface area contributed by atoms with Crippen LogP contribution in [-0.4, -0.2) is 42.3 Å². The molecule has 2 N–H and O–H groups in total. The van der Waals surface area contributed by atoms with Gasteiger partial charge in [-0.05, 0) is 18.6 Å². The molecule has 0 aliphatic rings. The van der Waals surface area contributed by atoms with E-state index in [2.05, 4.69) is 0 Å². The molecule has 21 heavy (non-hydrogen) atoms. The first kappa shape index (κ1) is 17.7. The second-order valence-corrected chi connectivity index (χ2v) is 7.39. The minimum absolute atomic E-state index is 0.125. The fourth-order valence-electron chi connectivity index (χ4n) is 1.44. The van der Waals surface area contributed by atoms with E-state index in [-0.39, 0.29) is 18.7 Å². The van der Waals surface area contributed by atoms with Gasteiger partial charge in [-0.25, -0.2) is 26.7 Å². The van der Waals surface area contributed by atoms with E-state index in [0.717, 1.165) is 0 Å². The van der Waals surface area contributed by atoms with Crippen molar-refractivity contribution in [2.75, 3.05) is 18.6 Å². The van der Waals surface area contributed by atoms with E-state index in [1.807, 2.05) is 4.72 Å². The van der Waals surface area contributed by atoms with Crippen molar-refractivity contribution < 1.29 is 31.3 Å². The maximum atomic E-state index is 13.5. The average Bonchev–Trinajstić information content (AvgIpc) is 2.37. The molecule has 1 unspecified atom stereocenters. The van der Waals surface area contributed by atoms with Crippen molar-refractivity contribution >= 4 is 26.8 Å². The van der Waals surface area contributed by atoms with Crippen LogP contribution in [0.25, 0.3) is 0 Å². The Morgan fingerprint density at radius 1 is 1.38 bits per heavy atom. The molecule has 0 spiro atoms. The van der Waals surface area contributed by atoms with Gasteiger partial charge in [-0.15, -0.1) is 0 Å². The summed E-state index contributed by atoms with van der Waals surface area (Å²) in [5.74, 6) is -4.54. The number of halogens is 2. The number of hydrogen-bond donors (Lipinski definition) is 2. The van der Waals surface area contributed by atoms with Crippen LogP contribution >= 0.6 is 0 Å². The third-order valence-electron chi connectivity index (χ3n) is 2.43. The molecule has 6 nitrogen and oxygen atoms in total. The van der Waals surface area contributed by atoms with Crippen molar-refractivity contribution in [2.45, 2.75) is 11.3 Å². The molecule has 0 bridgehead atoms. The summed E-state index contributed by atoms with van der Waals surface area (Å²) in [4.78, 5) is 9.67. The molecule has 0 fully saturated rings. The molecule has 1 atom stereocenters. The molecule has 10 heteroatoms. The molecule has 0 aliphatic carbocycles. The molecule has 118 valence electrons. The van der Waals surface area contributed by atoms with Gasteiger partial charge in [0.15, 0.2) is 11.6 Å². The predicted molar refractivity (Wildman–Crippen MR) is 72.1 cm³/mol. The smallest absolute Gasteiger partial charge is 0.335 e. The van der Waals surface area contributed by atoms with Gasteiger partial charge in [-0.2, -0.15) is 0 Å². The summed E-state index contributed by atoms with van der Waals surface area (Å²) < 4.78 is 63.3. The molecular weight excluding hydrogens is 328 g/mol. The molecular formula is C11H13F2NO5S2. The van der Waals surface area contributed by atoms with Gasteiger partial charge in [-0.3, -0.25) is 4.21 Å². The van der Waals surface area contributed by atoms with Gasteiger partial charge >= 0.3 is 5.97 Å². The molecule has 0 saturated carbocycles.